The van der Waals surface area contributed by atoms with Gasteiger partial charge in [-0.1, -0.05) is 17.7 Å². The summed E-state index contributed by atoms with van der Waals surface area (Å²) in [6, 6.07) is 11.2. The lowest BCUT2D eigenvalue weighted by Crippen LogP contribution is -2.09. The number of methoxy groups -OCH3 is 1. The first-order valence-corrected chi connectivity index (χ1v) is 8.73. The van der Waals surface area contributed by atoms with Gasteiger partial charge in [0.15, 0.2) is 11.5 Å². The van der Waals surface area contributed by atoms with Crippen LogP contribution in [0.5, 0.6) is 5.75 Å². The van der Waals surface area contributed by atoms with Gasteiger partial charge in [-0.3, -0.25) is 4.40 Å². The number of rotatable bonds is 4. The van der Waals surface area contributed by atoms with Crippen LogP contribution in [-0.4, -0.2) is 26.5 Å². The molecule has 10 heteroatoms. The highest BCUT2D eigenvalue weighted by molar-refractivity contribution is 6.32. The summed E-state index contributed by atoms with van der Waals surface area (Å²) in [6.07, 6.45) is -1.80. The molecule has 0 bridgehead atoms. The summed E-state index contributed by atoms with van der Waals surface area (Å²) in [5, 5.41) is 3.38. The van der Waals surface area contributed by atoms with Crippen molar-refractivity contribution in [3.05, 3.63) is 65.6 Å². The van der Waals surface area contributed by atoms with E-state index in [1.165, 1.54) is 36.0 Å². The van der Waals surface area contributed by atoms with Gasteiger partial charge in [-0.2, -0.15) is 13.2 Å². The molecule has 4 aromatic rings. The van der Waals surface area contributed by atoms with Crippen LogP contribution >= 0.6 is 11.6 Å². The number of halogens is 4. The first kappa shape index (κ1) is 19.0. The number of hydrogen-bond acceptors (Lipinski definition) is 5. The normalized spacial score (nSPS) is 11.6. The van der Waals surface area contributed by atoms with Gasteiger partial charge in [0.2, 0.25) is 0 Å². The lowest BCUT2D eigenvalue weighted by molar-refractivity contribution is -0.140. The number of anilines is 2. The number of nitrogens with one attached hydrogen (secondary N) is 1. The van der Waals surface area contributed by atoms with Crippen molar-refractivity contribution in [2.45, 2.75) is 6.18 Å². The number of pyridine rings is 1. The van der Waals surface area contributed by atoms with E-state index in [0.717, 1.165) is 0 Å². The molecule has 0 radical (unpaired) electrons. The van der Waals surface area contributed by atoms with Crippen molar-refractivity contribution in [1.29, 1.82) is 0 Å². The molecule has 0 aliphatic rings. The van der Waals surface area contributed by atoms with Gasteiger partial charge in [0.25, 0.3) is 0 Å². The van der Waals surface area contributed by atoms with Crippen molar-refractivity contribution in [3.63, 3.8) is 0 Å². The zero-order valence-electron chi connectivity index (χ0n) is 14.9. The van der Waals surface area contributed by atoms with Crippen molar-refractivity contribution in [3.8, 4) is 17.3 Å². The molecule has 3 heterocycles. The topological polar surface area (TPSA) is 64.3 Å². The number of imidazole rings is 1. The van der Waals surface area contributed by atoms with E-state index in [1.54, 1.807) is 30.3 Å². The highest BCUT2D eigenvalue weighted by Gasteiger charge is 2.39. The summed E-state index contributed by atoms with van der Waals surface area (Å²) in [7, 11) is 1.50. The maximum Gasteiger partial charge on any atom is 0.435 e. The number of aromatic nitrogens is 4. The maximum atomic E-state index is 13.6. The first-order valence-electron chi connectivity index (χ1n) is 8.35. The van der Waals surface area contributed by atoms with Crippen LogP contribution in [0.1, 0.15) is 5.69 Å². The minimum Gasteiger partial charge on any atom is -0.495 e. The fourth-order valence-corrected chi connectivity index (χ4v) is 3.10. The zero-order valence-corrected chi connectivity index (χ0v) is 15.7. The molecule has 148 valence electrons. The van der Waals surface area contributed by atoms with Crippen LogP contribution in [-0.2, 0) is 6.18 Å². The minimum atomic E-state index is -4.66. The number of benzene rings is 1. The van der Waals surface area contributed by atoms with Gasteiger partial charge < -0.3 is 10.1 Å². The van der Waals surface area contributed by atoms with Gasteiger partial charge in [0.05, 0.1) is 12.1 Å². The molecule has 0 atom stereocenters. The van der Waals surface area contributed by atoms with E-state index in [1.807, 2.05) is 0 Å². The van der Waals surface area contributed by atoms with Crippen molar-refractivity contribution in [1.82, 2.24) is 19.4 Å². The van der Waals surface area contributed by atoms with Gasteiger partial charge in [-0.15, -0.1) is 0 Å². The molecular formula is C19H13ClF3N5O. The Morgan fingerprint density at radius 1 is 1.10 bits per heavy atom. The largest absolute Gasteiger partial charge is 0.495 e. The average molecular weight is 420 g/mol. The smallest absolute Gasteiger partial charge is 0.435 e. The Morgan fingerprint density at radius 3 is 2.66 bits per heavy atom. The second-order valence-corrected chi connectivity index (χ2v) is 6.38. The zero-order chi connectivity index (χ0) is 20.6. The summed E-state index contributed by atoms with van der Waals surface area (Å²) >= 11 is 6.11. The van der Waals surface area contributed by atoms with Crippen LogP contribution < -0.4 is 10.1 Å². The van der Waals surface area contributed by atoms with E-state index in [9.17, 15) is 13.2 Å². The van der Waals surface area contributed by atoms with Gasteiger partial charge in [-0.25, -0.2) is 15.0 Å². The number of alkyl halides is 3. The Morgan fingerprint density at radius 2 is 1.93 bits per heavy atom. The highest BCUT2D eigenvalue weighted by Crippen LogP contribution is 2.36. The lowest BCUT2D eigenvalue weighted by atomic mass is 10.2. The summed E-state index contributed by atoms with van der Waals surface area (Å²) in [4.78, 5) is 12.0. The summed E-state index contributed by atoms with van der Waals surface area (Å²) in [5.74, 6) is 0.692. The summed E-state index contributed by atoms with van der Waals surface area (Å²) in [6.45, 7) is 0. The van der Waals surface area contributed by atoms with E-state index in [2.05, 4.69) is 20.3 Å². The molecule has 0 amide bonds. The Bertz CT molecular complexity index is 1190. The van der Waals surface area contributed by atoms with Crippen LogP contribution in [0.25, 0.3) is 17.2 Å². The number of fused-ring (bicyclic) bond motifs is 1. The van der Waals surface area contributed by atoms with Crippen molar-refractivity contribution >= 4 is 28.8 Å². The molecule has 0 fully saturated rings. The maximum absolute atomic E-state index is 13.6. The Kier molecular flexibility index (Phi) is 4.75. The molecule has 29 heavy (non-hydrogen) atoms. The molecule has 3 aromatic heterocycles. The van der Waals surface area contributed by atoms with Crippen molar-refractivity contribution in [2.75, 3.05) is 12.4 Å². The van der Waals surface area contributed by atoms with E-state index in [4.69, 9.17) is 16.3 Å². The van der Waals surface area contributed by atoms with Crippen LogP contribution in [0.15, 0.2) is 54.9 Å². The average Bonchev–Trinajstić information content (AvgIpc) is 3.08. The van der Waals surface area contributed by atoms with Gasteiger partial charge in [0.1, 0.15) is 22.9 Å². The Balaban J connectivity index is 1.77. The summed E-state index contributed by atoms with van der Waals surface area (Å²) in [5.41, 5.74) is -0.536. The SMILES string of the molecule is COc1ccc(Nc2ccnc(-c3c(C(F)(F)F)nc4ccccn34)n2)cc1Cl. The first-order chi connectivity index (χ1) is 13.9. The predicted molar refractivity (Wildman–Crippen MR) is 103 cm³/mol. The fourth-order valence-electron chi connectivity index (χ4n) is 2.84. The van der Waals surface area contributed by atoms with Gasteiger partial charge in [0, 0.05) is 18.1 Å². The third kappa shape index (κ3) is 3.68. The predicted octanol–water partition coefficient (Wildman–Crippen LogP) is 5.22. The molecule has 4 rings (SSSR count). The quantitative estimate of drug-likeness (QED) is 0.491. The second kappa shape index (κ2) is 7.25. The molecule has 0 saturated heterocycles. The van der Waals surface area contributed by atoms with Crippen molar-refractivity contribution < 1.29 is 17.9 Å². The molecular weight excluding hydrogens is 407 g/mol. The fraction of sp³-hybridized carbons (Fsp3) is 0.105. The van der Waals surface area contributed by atoms with E-state index in [0.29, 0.717) is 22.3 Å². The lowest BCUT2D eigenvalue weighted by Gasteiger charge is -2.10. The number of hydrogen-bond donors (Lipinski definition) is 1. The molecule has 6 nitrogen and oxygen atoms in total. The van der Waals surface area contributed by atoms with E-state index in [-0.39, 0.29) is 17.2 Å². The van der Waals surface area contributed by atoms with Crippen molar-refractivity contribution in [2.24, 2.45) is 0 Å². The molecule has 0 saturated carbocycles. The molecule has 1 N–H and O–H groups in total. The van der Waals surface area contributed by atoms with Crippen LogP contribution in [0.3, 0.4) is 0 Å². The number of nitrogens with zero attached hydrogens (tertiary/aromatic N) is 4. The molecule has 0 aliphatic heterocycles. The Labute approximate surface area is 168 Å². The highest BCUT2D eigenvalue weighted by atomic mass is 35.5. The van der Waals surface area contributed by atoms with Crippen LogP contribution in [0.2, 0.25) is 5.02 Å². The Hall–Kier alpha value is -3.33. The molecule has 1 aromatic carbocycles. The van der Waals surface area contributed by atoms with Crippen LogP contribution in [0, 0.1) is 0 Å². The van der Waals surface area contributed by atoms with E-state index >= 15 is 0 Å². The van der Waals surface area contributed by atoms with Gasteiger partial charge >= 0.3 is 6.18 Å². The minimum absolute atomic E-state index is 0.111. The monoisotopic (exact) mass is 419 g/mol. The molecule has 0 aliphatic carbocycles. The van der Waals surface area contributed by atoms with Crippen LogP contribution in [0.4, 0.5) is 24.7 Å². The standard InChI is InChI=1S/C19H13ClF3N5O/c1-29-13-6-5-11(10-12(13)20)25-14-7-8-24-18(26-14)16-17(19(21,22)23)27-15-4-2-3-9-28(15)16/h2-10H,1H3,(H,24,25,26). The molecule has 0 spiro atoms. The summed E-state index contributed by atoms with van der Waals surface area (Å²) < 4.78 is 47.1. The third-order valence-electron chi connectivity index (χ3n) is 4.09. The van der Waals surface area contributed by atoms with Gasteiger partial charge in [-0.05, 0) is 36.4 Å². The third-order valence-corrected chi connectivity index (χ3v) is 4.39. The van der Waals surface area contributed by atoms with E-state index < -0.39 is 11.9 Å². The second-order valence-electron chi connectivity index (χ2n) is 5.98. The number of ether oxygens (including phenoxy) is 1. The molecule has 0 unspecified atom stereocenters.